The number of benzene rings is 8. The number of pyridine rings is 3. The predicted octanol–water partition coefficient (Wildman–Crippen LogP) is 20.4. The number of oxazole rings is 1. The van der Waals surface area contributed by atoms with Crippen LogP contribution in [0.25, 0.3) is 88.4 Å². The summed E-state index contributed by atoms with van der Waals surface area (Å²) >= 11 is 0. The summed E-state index contributed by atoms with van der Waals surface area (Å²) in [6, 6.07) is 77.7. The largest absolute Gasteiger partial charge is 0.512 e. The zero-order valence-electron chi connectivity index (χ0n) is 58.5. The summed E-state index contributed by atoms with van der Waals surface area (Å²) in [5, 5.41) is 40.7. The van der Waals surface area contributed by atoms with Crippen LogP contribution in [0.3, 0.4) is 0 Å². The first-order valence-corrected chi connectivity index (χ1v) is 31.6. The molecule has 8 aromatic carbocycles. The van der Waals surface area contributed by atoms with Gasteiger partial charge in [-0.3, -0.25) is 29.1 Å². The van der Waals surface area contributed by atoms with Crippen LogP contribution >= 0.6 is 0 Å². The number of hydrogen-bond acceptors (Lipinski definition) is 13. The normalized spacial score (nSPS) is 10.7. The van der Waals surface area contributed by atoms with Crippen molar-refractivity contribution in [1.29, 1.82) is 0 Å². The first-order chi connectivity index (χ1) is 46.4. The van der Waals surface area contributed by atoms with Crippen LogP contribution < -0.4 is 0 Å². The Labute approximate surface area is 647 Å². The number of para-hydroxylation sites is 3. The van der Waals surface area contributed by atoms with Crippen molar-refractivity contribution in [3.8, 4) is 34.0 Å². The zero-order chi connectivity index (χ0) is 70.8. The van der Waals surface area contributed by atoms with Gasteiger partial charge in [0, 0.05) is 123 Å². The Balaban J connectivity index is 0.000000596. The van der Waals surface area contributed by atoms with Gasteiger partial charge < -0.3 is 34.8 Å². The monoisotopic (exact) mass is 2060 g/mol. The maximum absolute atomic E-state index is 10.0. The fourth-order valence-electron chi connectivity index (χ4n) is 9.58. The minimum atomic E-state index is -0.125. The number of nitrogens with zero attached hydrogens (tertiary/aromatic N) is 4. The summed E-state index contributed by atoms with van der Waals surface area (Å²) in [4.78, 5) is 58.3. The first-order valence-electron chi connectivity index (χ1n) is 31.6. The third-order valence-corrected chi connectivity index (χ3v) is 13.2. The minimum Gasteiger partial charge on any atom is -0.512 e. The van der Waals surface area contributed by atoms with Crippen molar-refractivity contribution in [3.05, 3.63) is 289 Å². The Kier molecular flexibility index (Phi) is 42.9. The standard InChI is InChI=1S/2C19H18N.C13H8NO.C13H8N.4C5H8O2.4Ir/c1-14(2)12-16-13-20-19(15-8-4-3-5-9-15)18-11-7-6-10-17(16)18;1-14(2)12-16-13-19(15-8-4-3-5-9-15)20-18-11-7-6-10-17(16)18;1-2-6-10(7-3-1)13-14-11-8-4-5-9-12(11)15-13;1-2-6-12-10(4-1)7-8-11-5-3-9-14-13(11)12;4*1-4(6)3-5(2)7;;;;/h2*3-8,10-11,13-14H,12H2,1-2H3;1-6,8-9H;1-5,7-9H;4*3,6H,1-2H3;;;;/q4*-1;;;;;;;;. The molecule has 0 amide bonds. The second-order valence-electron chi connectivity index (χ2n) is 23.2. The summed E-state index contributed by atoms with van der Waals surface area (Å²) in [5.41, 5.74) is 11.5. The van der Waals surface area contributed by atoms with E-state index in [1.807, 2.05) is 122 Å². The van der Waals surface area contributed by atoms with E-state index in [0.29, 0.717) is 17.7 Å². The van der Waals surface area contributed by atoms with Gasteiger partial charge in [0.25, 0.3) is 0 Å². The van der Waals surface area contributed by atoms with Crippen molar-refractivity contribution >= 4 is 77.6 Å². The van der Waals surface area contributed by atoms with E-state index in [-0.39, 0.29) is 127 Å². The maximum atomic E-state index is 10.0. The van der Waals surface area contributed by atoms with E-state index >= 15 is 0 Å². The molecule has 534 valence electrons. The molecule has 17 heteroatoms. The summed E-state index contributed by atoms with van der Waals surface area (Å²) in [6.07, 6.45) is 10.6. The number of hydrogen-bond donors (Lipinski definition) is 4. The molecule has 4 radical (unpaired) electrons. The molecule has 12 aromatic rings. The molecule has 0 fully saturated rings. The Bertz CT molecular complexity index is 4440. The second-order valence-corrected chi connectivity index (χ2v) is 23.2. The fourth-order valence-corrected chi connectivity index (χ4v) is 9.58. The predicted molar refractivity (Wildman–Crippen MR) is 394 cm³/mol. The van der Waals surface area contributed by atoms with Gasteiger partial charge in [-0.25, -0.2) is 0 Å². The molecule has 101 heavy (non-hydrogen) atoms. The quantitative estimate of drug-likeness (QED) is 0.0411. The number of fused-ring (bicyclic) bond motifs is 6. The molecule has 0 aliphatic heterocycles. The molecule has 0 aliphatic rings. The van der Waals surface area contributed by atoms with Gasteiger partial charge in [-0.2, -0.15) is 0 Å². The zero-order valence-corrected chi connectivity index (χ0v) is 68.0. The average Bonchev–Trinajstić information content (AvgIpc) is 1.60. The van der Waals surface area contributed by atoms with Crippen LogP contribution in [0.5, 0.6) is 0 Å². The number of allylic oxidation sites excluding steroid dienone is 8. The summed E-state index contributed by atoms with van der Waals surface area (Å²) < 4.78 is 5.61. The Hall–Kier alpha value is -8.84. The van der Waals surface area contributed by atoms with Crippen LogP contribution in [0.4, 0.5) is 0 Å². The third kappa shape index (κ3) is 33.0. The molecule has 0 spiro atoms. The molecule has 0 unspecified atom stereocenters. The van der Waals surface area contributed by atoms with E-state index in [0.717, 1.165) is 68.4 Å². The smallest absolute Gasteiger partial charge is 0.155 e. The summed E-state index contributed by atoms with van der Waals surface area (Å²) in [6.45, 7) is 20.4. The van der Waals surface area contributed by atoms with Gasteiger partial charge in [0.2, 0.25) is 0 Å². The van der Waals surface area contributed by atoms with Gasteiger partial charge in [-0.15, -0.1) is 137 Å². The van der Waals surface area contributed by atoms with Gasteiger partial charge in [-0.1, -0.05) is 112 Å². The molecule has 4 N–H and O–H groups in total. The molecule has 4 aromatic heterocycles. The topological polar surface area (TPSA) is 214 Å². The van der Waals surface area contributed by atoms with E-state index < -0.39 is 0 Å². The van der Waals surface area contributed by atoms with Crippen molar-refractivity contribution < 1.29 is 124 Å². The van der Waals surface area contributed by atoms with E-state index in [9.17, 15) is 19.2 Å². The number of aliphatic hydroxyl groups is 4. The molecule has 0 saturated heterocycles. The molecule has 13 nitrogen and oxygen atoms in total. The van der Waals surface area contributed by atoms with E-state index in [1.165, 1.54) is 118 Å². The third-order valence-electron chi connectivity index (χ3n) is 13.2. The summed E-state index contributed by atoms with van der Waals surface area (Å²) in [5.74, 6) is 1.64. The number of carbonyl (C=O) groups excluding carboxylic acids is 4. The van der Waals surface area contributed by atoms with Crippen molar-refractivity contribution in [3.63, 3.8) is 0 Å². The Morgan fingerprint density at radius 3 is 1.35 bits per heavy atom. The van der Waals surface area contributed by atoms with Crippen LogP contribution in [0.15, 0.2) is 258 Å². The van der Waals surface area contributed by atoms with Crippen molar-refractivity contribution in [2.45, 2.75) is 95.9 Å². The minimum absolute atomic E-state index is 0. The van der Waals surface area contributed by atoms with Gasteiger partial charge in [-0.05, 0) is 149 Å². The molecule has 4 heterocycles. The number of carbonyl (C=O) groups is 4. The number of rotatable bonds is 11. The molecular weight excluding hydrogens is 1980 g/mol. The fraction of sp³-hybridized carbons (Fsp3) is 0.190. The molecule has 0 saturated carbocycles. The van der Waals surface area contributed by atoms with E-state index in [2.05, 4.69) is 147 Å². The van der Waals surface area contributed by atoms with E-state index in [1.54, 1.807) is 0 Å². The van der Waals surface area contributed by atoms with Gasteiger partial charge in [0.1, 0.15) is 11.5 Å². The average molecular weight is 2060 g/mol. The number of ketones is 4. The maximum Gasteiger partial charge on any atom is 0.155 e. The molecule has 12 rings (SSSR count). The molecule has 0 aliphatic carbocycles. The Morgan fingerprint density at radius 2 is 0.861 bits per heavy atom. The molecule has 0 bridgehead atoms. The second kappa shape index (κ2) is 48.1. The van der Waals surface area contributed by atoms with Crippen LogP contribution in [-0.4, -0.2) is 63.5 Å². The van der Waals surface area contributed by atoms with Crippen LogP contribution in [-0.2, 0) is 112 Å². The van der Waals surface area contributed by atoms with Crippen molar-refractivity contribution in [1.82, 2.24) is 19.9 Å². The number of aromatic nitrogens is 4. The van der Waals surface area contributed by atoms with Gasteiger partial charge in [0.15, 0.2) is 23.1 Å². The van der Waals surface area contributed by atoms with Crippen LogP contribution in [0, 0.1) is 36.1 Å². The van der Waals surface area contributed by atoms with E-state index in [4.69, 9.17) is 34.8 Å². The molecular formula is C84H84Ir4N4O9-4. The van der Waals surface area contributed by atoms with Crippen molar-refractivity contribution in [2.75, 3.05) is 0 Å². The van der Waals surface area contributed by atoms with Gasteiger partial charge >= 0.3 is 0 Å². The Morgan fingerprint density at radius 1 is 0.426 bits per heavy atom. The summed E-state index contributed by atoms with van der Waals surface area (Å²) in [7, 11) is 0. The SMILES string of the molecule is CC(=O)C=C(C)O.CC(=O)C=C(C)O.CC(=O)C=C(C)O.CC(=O)C=C(C)O.CC(C)Cc1cc(-c2[c-]cccc2)nc2ccccc12.CC(C)Cc1cnc(-c2[c-]cccc2)c2ccccc12.[Ir].[Ir].[Ir].[Ir].[c-]1cccc2ccc3cccnc3c12.[c-]1ccccc1-c1nc2ccccc2o1. The molecule has 0 atom stereocenters. The van der Waals surface area contributed by atoms with Crippen molar-refractivity contribution in [2.24, 2.45) is 11.8 Å². The first kappa shape index (κ1) is 90.2. The van der Waals surface area contributed by atoms with Gasteiger partial charge in [0.05, 0.1) is 34.1 Å². The number of aliphatic hydroxyl groups excluding tert-OH is 4. The van der Waals surface area contributed by atoms with Crippen LogP contribution in [0.2, 0.25) is 0 Å². The van der Waals surface area contributed by atoms with Crippen LogP contribution in [0.1, 0.15) is 94.2 Å².